The van der Waals surface area contributed by atoms with E-state index in [1.54, 1.807) is 9.58 Å². The van der Waals surface area contributed by atoms with E-state index in [-0.39, 0.29) is 17.6 Å². The first-order valence-corrected chi connectivity index (χ1v) is 8.32. The Morgan fingerprint density at radius 3 is 2.86 bits per heavy atom. The maximum Gasteiger partial charge on any atom is 0.325 e. The molecule has 1 aliphatic rings. The SMILES string of the molecule is CCC(=O)N1c2ccccc2-c2c(=O)[nH]c(SC)n[n+]2C1C. The quantitative estimate of drug-likeness (QED) is 0.676. The van der Waals surface area contributed by atoms with E-state index < -0.39 is 0 Å². The Bertz CT molecular complexity index is 802. The van der Waals surface area contributed by atoms with Crippen LogP contribution in [0.5, 0.6) is 0 Å². The van der Waals surface area contributed by atoms with Crippen LogP contribution in [0.25, 0.3) is 11.3 Å². The Kier molecular flexibility index (Phi) is 3.74. The molecule has 0 aliphatic carbocycles. The summed E-state index contributed by atoms with van der Waals surface area (Å²) < 4.78 is 1.64. The summed E-state index contributed by atoms with van der Waals surface area (Å²) in [6.45, 7) is 3.71. The number of para-hydroxylation sites is 1. The minimum Gasteiger partial charge on any atom is -0.291 e. The number of carbonyl (C=O) groups is 1. The van der Waals surface area contributed by atoms with Gasteiger partial charge in [0.05, 0.1) is 11.3 Å². The van der Waals surface area contributed by atoms with Crippen LogP contribution in [0.4, 0.5) is 5.69 Å². The number of H-pyrrole nitrogens is 1. The minimum atomic E-state index is -0.342. The number of anilines is 1. The highest BCUT2D eigenvalue weighted by atomic mass is 32.2. The smallest absolute Gasteiger partial charge is 0.291 e. The molecule has 1 aromatic heterocycles. The molecular weight excluding hydrogens is 300 g/mol. The van der Waals surface area contributed by atoms with Gasteiger partial charge in [-0.3, -0.25) is 19.5 Å². The molecular formula is C15H17N4O2S+. The van der Waals surface area contributed by atoms with Gasteiger partial charge in [0.15, 0.2) is 0 Å². The second-order valence-corrected chi connectivity index (χ2v) is 5.82. The van der Waals surface area contributed by atoms with Gasteiger partial charge in [-0.15, -0.1) is 0 Å². The van der Waals surface area contributed by atoms with E-state index in [1.807, 2.05) is 44.4 Å². The highest BCUT2D eigenvalue weighted by Gasteiger charge is 2.41. The van der Waals surface area contributed by atoms with Crippen molar-refractivity contribution in [3.05, 3.63) is 34.6 Å². The van der Waals surface area contributed by atoms with Crippen molar-refractivity contribution in [1.82, 2.24) is 10.1 Å². The van der Waals surface area contributed by atoms with Crippen molar-refractivity contribution in [2.45, 2.75) is 31.6 Å². The Balaban J connectivity index is 2.33. The normalized spacial score (nSPS) is 16.1. The molecule has 1 aromatic carbocycles. The fourth-order valence-electron chi connectivity index (χ4n) is 2.75. The van der Waals surface area contributed by atoms with Gasteiger partial charge in [0.1, 0.15) is 0 Å². The monoisotopic (exact) mass is 317 g/mol. The van der Waals surface area contributed by atoms with Gasteiger partial charge in [0, 0.05) is 18.4 Å². The van der Waals surface area contributed by atoms with Gasteiger partial charge in [0.25, 0.3) is 6.17 Å². The molecule has 1 atom stereocenters. The topological polar surface area (TPSA) is 69.9 Å². The van der Waals surface area contributed by atoms with Crippen molar-refractivity contribution in [3.8, 4) is 11.3 Å². The Hall–Kier alpha value is -2.15. The number of nitrogens with one attached hydrogen (secondary N) is 1. The van der Waals surface area contributed by atoms with Gasteiger partial charge < -0.3 is 0 Å². The molecule has 1 unspecified atom stereocenters. The van der Waals surface area contributed by atoms with Crippen LogP contribution in [-0.2, 0) is 4.79 Å². The van der Waals surface area contributed by atoms with Gasteiger partial charge >= 0.3 is 11.3 Å². The van der Waals surface area contributed by atoms with E-state index in [9.17, 15) is 9.59 Å². The third-order valence-electron chi connectivity index (χ3n) is 3.77. The van der Waals surface area contributed by atoms with E-state index in [0.717, 1.165) is 11.3 Å². The first kappa shape index (κ1) is 14.8. The van der Waals surface area contributed by atoms with Crippen molar-refractivity contribution in [2.24, 2.45) is 0 Å². The molecule has 1 amide bonds. The molecule has 1 aliphatic heterocycles. The van der Waals surface area contributed by atoms with Gasteiger partial charge in [-0.05, 0) is 18.4 Å². The summed E-state index contributed by atoms with van der Waals surface area (Å²) >= 11 is 1.36. The third kappa shape index (κ3) is 2.12. The van der Waals surface area contributed by atoms with Crippen LogP contribution in [0.15, 0.2) is 34.2 Å². The summed E-state index contributed by atoms with van der Waals surface area (Å²) in [6.07, 6.45) is 1.90. The fourth-order valence-corrected chi connectivity index (χ4v) is 3.11. The van der Waals surface area contributed by atoms with Crippen molar-refractivity contribution < 1.29 is 9.48 Å². The van der Waals surface area contributed by atoms with E-state index in [4.69, 9.17) is 0 Å². The lowest BCUT2D eigenvalue weighted by atomic mass is 10.0. The van der Waals surface area contributed by atoms with Gasteiger partial charge in [-0.1, -0.05) is 35.5 Å². The average Bonchev–Trinajstić information content (AvgIpc) is 2.54. The lowest BCUT2D eigenvalue weighted by Crippen LogP contribution is -2.59. The summed E-state index contributed by atoms with van der Waals surface area (Å²) in [5.74, 6) is 0.00545. The predicted octanol–water partition coefficient (Wildman–Crippen LogP) is 1.72. The lowest BCUT2D eigenvalue weighted by Gasteiger charge is -2.29. The van der Waals surface area contributed by atoms with E-state index >= 15 is 0 Å². The molecule has 0 fully saturated rings. The number of hydrogen-bond donors (Lipinski definition) is 1. The van der Waals surface area contributed by atoms with Gasteiger partial charge in [0.2, 0.25) is 11.1 Å². The molecule has 0 saturated heterocycles. The molecule has 6 nitrogen and oxygen atoms in total. The summed E-state index contributed by atoms with van der Waals surface area (Å²) in [6, 6.07) is 7.44. The number of aromatic nitrogens is 3. The zero-order valence-corrected chi connectivity index (χ0v) is 13.5. The number of nitrogens with zero attached hydrogens (tertiary/aromatic N) is 3. The van der Waals surface area contributed by atoms with Gasteiger partial charge in [-0.25, -0.2) is 0 Å². The van der Waals surface area contributed by atoms with Crippen molar-refractivity contribution >= 4 is 23.4 Å². The van der Waals surface area contributed by atoms with E-state index in [1.165, 1.54) is 11.8 Å². The van der Waals surface area contributed by atoms with Gasteiger partial charge in [-0.2, -0.15) is 0 Å². The number of benzene rings is 1. The summed E-state index contributed by atoms with van der Waals surface area (Å²) in [7, 11) is 0. The third-order valence-corrected chi connectivity index (χ3v) is 4.34. The number of aromatic amines is 1. The van der Waals surface area contributed by atoms with Crippen LogP contribution in [0.1, 0.15) is 26.4 Å². The van der Waals surface area contributed by atoms with Crippen LogP contribution in [-0.4, -0.2) is 22.2 Å². The van der Waals surface area contributed by atoms with Crippen LogP contribution in [0.2, 0.25) is 0 Å². The number of hydrogen-bond acceptors (Lipinski definition) is 4. The molecule has 2 aromatic rings. The van der Waals surface area contributed by atoms with Crippen molar-refractivity contribution in [2.75, 3.05) is 11.2 Å². The van der Waals surface area contributed by atoms with Crippen molar-refractivity contribution in [1.29, 1.82) is 0 Å². The Morgan fingerprint density at radius 2 is 2.18 bits per heavy atom. The number of amides is 1. The maximum absolute atomic E-state index is 12.5. The second-order valence-electron chi connectivity index (χ2n) is 5.02. The highest BCUT2D eigenvalue weighted by molar-refractivity contribution is 7.98. The Morgan fingerprint density at radius 1 is 1.45 bits per heavy atom. The molecule has 2 heterocycles. The van der Waals surface area contributed by atoms with Crippen LogP contribution >= 0.6 is 11.8 Å². The molecule has 3 rings (SSSR count). The number of fused-ring (bicyclic) bond motifs is 3. The molecule has 22 heavy (non-hydrogen) atoms. The molecule has 0 bridgehead atoms. The van der Waals surface area contributed by atoms with Crippen LogP contribution in [0.3, 0.4) is 0 Å². The van der Waals surface area contributed by atoms with E-state index in [2.05, 4.69) is 10.1 Å². The van der Waals surface area contributed by atoms with Crippen molar-refractivity contribution in [3.63, 3.8) is 0 Å². The summed E-state index contributed by atoms with van der Waals surface area (Å²) in [4.78, 5) is 29.3. The fraction of sp³-hybridized carbons (Fsp3) is 0.333. The lowest BCUT2D eigenvalue weighted by molar-refractivity contribution is -0.768. The molecule has 7 heteroatoms. The highest BCUT2D eigenvalue weighted by Crippen LogP contribution is 2.34. The second kappa shape index (κ2) is 5.57. The summed E-state index contributed by atoms with van der Waals surface area (Å²) in [5, 5.41) is 5.00. The van der Waals surface area contributed by atoms with Crippen LogP contribution in [0, 0.1) is 0 Å². The molecule has 0 spiro atoms. The standard InChI is InChI=1S/C15H16N4O2S/c1-4-12(20)18-9(2)19-13(10-7-5-6-8-11(10)18)14(21)16-15(17-19)22-3/h5-9H,4H2,1-3H3/p+1. The summed E-state index contributed by atoms with van der Waals surface area (Å²) in [5.41, 5.74) is 1.78. The molecule has 114 valence electrons. The predicted molar refractivity (Wildman–Crippen MR) is 84.8 cm³/mol. The average molecular weight is 317 g/mol. The number of carbonyl (C=O) groups excluding carboxylic acids is 1. The molecule has 0 saturated carbocycles. The first-order valence-electron chi connectivity index (χ1n) is 7.10. The van der Waals surface area contributed by atoms with Crippen LogP contribution < -0.4 is 15.1 Å². The Labute approximate surface area is 132 Å². The number of rotatable bonds is 2. The largest absolute Gasteiger partial charge is 0.325 e. The minimum absolute atomic E-state index is 0.00545. The molecule has 1 N–H and O–H groups in total. The van der Waals surface area contributed by atoms with E-state index in [0.29, 0.717) is 17.3 Å². The maximum atomic E-state index is 12.5. The number of thioether (sulfide) groups is 1. The zero-order valence-electron chi connectivity index (χ0n) is 12.7. The zero-order chi connectivity index (χ0) is 15.9. The molecule has 0 radical (unpaired) electrons. The first-order chi connectivity index (χ1) is 10.6.